The number of carboxylic acids is 3. The van der Waals surface area contributed by atoms with Crippen LogP contribution in [0.1, 0.15) is 155 Å². The van der Waals surface area contributed by atoms with Crippen LogP contribution in [0.5, 0.6) is 0 Å². The number of unbranched alkanes of at least 4 members (excludes halogenated alkanes) is 18. The second kappa shape index (κ2) is 27.3. The van der Waals surface area contributed by atoms with Crippen molar-refractivity contribution in [1.29, 1.82) is 0 Å². The number of nitrogens with zero attached hydrogens (tertiary/aromatic N) is 1. The van der Waals surface area contributed by atoms with Crippen LogP contribution in [0.2, 0.25) is 0 Å². The third-order valence-electron chi connectivity index (χ3n) is 8.04. The molecule has 0 heterocycles. The van der Waals surface area contributed by atoms with Crippen LogP contribution in [-0.2, 0) is 14.4 Å². The van der Waals surface area contributed by atoms with Crippen molar-refractivity contribution in [2.24, 2.45) is 0 Å². The Morgan fingerprint density at radius 3 is 1.07 bits per heavy atom. The fourth-order valence-electron chi connectivity index (χ4n) is 5.42. The molecular weight excluding hydrogens is 506 g/mol. The quantitative estimate of drug-likeness (QED) is 0.0438. The van der Waals surface area contributed by atoms with E-state index < -0.39 is 17.9 Å². The number of allylic oxidation sites excluding steroid dienone is 2. The molecule has 0 aliphatic rings. The normalized spacial score (nSPS) is 11.8. The molecule has 0 unspecified atom stereocenters. The van der Waals surface area contributed by atoms with E-state index in [1.54, 1.807) is 0 Å². The Balaban J connectivity index is 3.84. The molecule has 0 aromatic rings. The lowest BCUT2D eigenvalue weighted by Crippen LogP contribution is -2.52. The maximum Gasteiger partial charge on any atom is 0.309 e. The fraction of sp³-hybridized carbons (Fsp3) is 0.848. The van der Waals surface area contributed by atoms with Crippen molar-refractivity contribution >= 4 is 17.9 Å². The van der Waals surface area contributed by atoms with Crippen LogP contribution in [0.4, 0.5) is 0 Å². The monoisotopic (exact) mass is 568 g/mol. The average Bonchev–Trinajstić information content (AvgIpc) is 2.92. The van der Waals surface area contributed by atoms with Gasteiger partial charge >= 0.3 is 17.9 Å². The minimum atomic E-state index is -0.932. The SMILES string of the molecule is CCCCCCCCCC/C=C/CCCCCCCCCCCC[N+](CCC(=O)O)(CCC(=O)O)CCC(=O)O. The molecule has 40 heavy (non-hydrogen) atoms. The number of rotatable bonds is 31. The molecular formula is C33H62NO6+. The van der Waals surface area contributed by atoms with Crippen LogP contribution in [0, 0.1) is 0 Å². The summed E-state index contributed by atoms with van der Waals surface area (Å²) in [4.78, 5) is 33.4. The molecule has 0 saturated heterocycles. The van der Waals surface area contributed by atoms with E-state index in [0.29, 0.717) is 6.54 Å². The van der Waals surface area contributed by atoms with Gasteiger partial charge in [-0.1, -0.05) is 109 Å². The van der Waals surface area contributed by atoms with Crippen molar-refractivity contribution in [3.8, 4) is 0 Å². The van der Waals surface area contributed by atoms with Gasteiger partial charge in [0.15, 0.2) is 0 Å². The third kappa shape index (κ3) is 26.3. The van der Waals surface area contributed by atoms with Crippen LogP contribution >= 0.6 is 0 Å². The molecule has 0 fully saturated rings. The highest BCUT2D eigenvalue weighted by Gasteiger charge is 2.29. The van der Waals surface area contributed by atoms with Gasteiger partial charge in [-0.15, -0.1) is 0 Å². The van der Waals surface area contributed by atoms with E-state index in [2.05, 4.69) is 19.1 Å². The van der Waals surface area contributed by atoms with E-state index >= 15 is 0 Å². The molecule has 0 atom stereocenters. The highest BCUT2D eigenvalue weighted by molar-refractivity contribution is 5.67. The van der Waals surface area contributed by atoms with Crippen molar-refractivity contribution in [3.05, 3.63) is 12.2 Å². The number of aliphatic carboxylic acids is 3. The molecule has 0 radical (unpaired) electrons. The second-order valence-electron chi connectivity index (χ2n) is 11.7. The number of hydrogen-bond donors (Lipinski definition) is 3. The van der Waals surface area contributed by atoms with Crippen LogP contribution in [0.15, 0.2) is 12.2 Å². The van der Waals surface area contributed by atoms with Gasteiger partial charge in [-0.3, -0.25) is 14.4 Å². The van der Waals surface area contributed by atoms with Crippen molar-refractivity contribution in [2.75, 3.05) is 26.2 Å². The first-order chi connectivity index (χ1) is 19.3. The summed E-state index contributed by atoms with van der Waals surface area (Å²) in [6, 6.07) is 0. The lowest BCUT2D eigenvalue weighted by atomic mass is 10.0. The number of hydrogen-bond acceptors (Lipinski definition) is 3. The minimum absolute atomic E-state index is 0.0746. The maximum atomic E-state index is 11.1. The zero-order valence-electron chi connectivity index (χ0n) is 25.8. The standard InChI is InChI=1S/C33H61NO6/c1-2-3-4-5-6-7-8-9-10-11-12-13-14-15-16-17-18-19-20-21-22-23-27-34(28-24-31(35)36,29-25-32(37)38)30-26-33(39)40/h11-12H,2-10,13-30H2,1H3,(H2-,35,36,37,38,39,40)/p+1/b12-11+. The Hall–Kier alpha value is -1.89. The van der Waals surface area contributed by atoms with Crippen molar-refractivity contribution in [3.63, 3.8) is 0 Å². The molecule has 0 amide bonds. The van der Waals surface area contributed by atoms with Gasteiger partial charge in [-0.05, 0) is 38.5 Å². The van der Waals surface area contributed by atoms with E-state index in [1.807, 2.05) is 0 Å². The first kappa shape index (κ1) is 38.1. The second-order valence-corrected chi connectivity index (χ2v) is 11.7. The summed E-state index contributed by atoms with van der Waals surface area (Å²) in [7, 11) is 0. The lowest BCUT2D eigenvalue weighted by molar-refractivity contribution is -0.927. The molecule has 0 rings (SSSR count). The first-order valence-electron chi connectivity index (χ1n) is 16.5. The molecule has 234 valence electrons. The van der Waals surface area contributed by atoms with Gasteiger partial charge in [0.05, 0.1) is 45.4 Å². The topological polar surface area (TPSA) is 112 Å². The molecule has 0 spiro atoms. The van der Waals surface area contributed by atoms with E-state index in [4.69, 9.17) is 15.3 Å². The zero-order chi connectivity index (χ0) is 29.7. The van der Waals surface area contributed by atoms with E-state index in [1.165, 1.54) is 109 Å². The minimum Gasteiger partial charge on any atom is -0.481 e. The summed E-state index contributed by atoms with van der Waals surface area (Å²) >= 11 is 0. The van der Waals surface area contributed by atoms with Crippen LogP contribution in [0.3, 0.4) is 0 Å². The summed E-state index contributed by atoms with van der Waals surface area (Å²) in [6.07, 6.45) is 29.9. The predicted octanol–water partition coefficient (Wildman–Crippen LogP) is 8.61. The van der Waals surface area contributed by atoms with Crippen LogP contribution in [0.25, 0.3) is 0 Å². The Morgan fingerprint density at radius 1 is 0.450 bits per heavy atom. The van der Waals surface area contributed by atoms with Crippen molar-refractivity contribution < 1.29 is 34.2 Å². The average molecular weight is 569 g/mol. The number of carboxylic acid groups (broad SMARTS) is 3. The van der Waals surface area contributed by atoms with Gasteiger partial charge in [0.25, 0.3) is 0 Å². The van der Waals surface area contributed by atoms with Crippen LogP contribution < -0.4 is 0 Å². The summed E-state index contributed by atoms with van der Waals surface area (Å²) in [6.45, 7) is 3.76. The largest absolute Gasteiger partial charge is 0.481 e. The van der Waals surface area contributed by atoms with Gasteiger partial charge in [-0.2, -0.15) is 0 Å². The third-order valence-corrected chi connectivity index (χ3v) is 8.04. The molecule has 0 aromatic heterocycles. The van der Waals surface area contributed by atoms with Gasteiger partial charge in [-0.25, -0.2) is 0 Å². The summed E-state index contributed by atoms with van der Waals surface area (Å²) in [5.74, 6) is -2.80. The Morgan fingerprint density at radius 2 is 0.750 bits per heavy atom. The van der Waals surface area contributed by atoms with Gasteiger partial charge in [0.2, 0.25) is 0 Å². The van der Waals surface area contributed by atoms with Gasteiger partial charge in [0, 0.05) is 0 Å². The fourth-order valence-corrected chi connectivity index (χ4v) is 5.42. The highest BCUT2D eigenvalue weighted by Crippen LogP contribution is 2.17. The summed E-state index contributed by atoms with van der Waals surface area (Å²) < 4.78 is 0.263. The summed E-state index contributed by atoms with van der Waals surface area (Å²) in [5, 5.41) is 27.4. The zero-order valence-corrected chi connectivity index (χ0v) is 25.8. The molecule has 0 aliphatic heterocycles. The first-order valence-corrected chi connectivity index (χ1v) is 16.5. The van der Waals surface area contributed by atoms with Gasteiger partial charge in [0.1, 0.15) is 0 Å². The molecule has 0 bridgehead atoms. The van der Waals surface area contributed by atoms with E-state index in [0.717, 1.165) is 19.3 Å². The highest BCUT2D eigenvalue weighted by atomic mass is 16.4. The number of carbonyl (C=O) groups is 3. The Bertz CT molecular complexity index is 618. The summed E-state index contributed by atoms with van der Waals surface area (Å²) in [5.41, 5.74) is 0. The van der Waals surface area contributed by atoms with Crippen molar-refractivity contribution in [2.45, 2.75) is 155 Å². The van der Waals surface area contributed by atoms with E-state index in [-0.39, 0.29) is 43.4 Å². The molecule has 0 aliphatic carbocycles. The number of quaternary nitrogens is 1. The molecule has 7 nitrogen and oxygen atoms in total. The molecule has 0 saturated carbocycles. The smallest absolute Gasteiger partial charge is 0.309 e. The molecule has 3 N–H and O–H groups in total. The lowest BCUT2D eigenvalue weighted by Gasteiger charge is -2.38. The van der Waals surface area contributed by atoms with Crippen molar-refractivity contribution in [1.82, 2.24) is 0 Å². The maximum absolute atomic E-state index is 11.1. The van der Waals surface area contributed by atoms with Gasteiger partial charge < -0.3 is 19.8 Å². The van der Waals surface area contributed by atoms with E-state index in [9.17, 15) is 14.4 Å². The van der Waals surface area contributed by atoms with Crippen LogP contribution in [-0.4, -0.2) is 63.9 Å². The molecule has 7 heteroatoms. The Kier molecular flexibility index (Phi) is 26.0. The Labute approximate surface area is 245 Å². The predicted molar refractivity (Wildman–Crippen MR) is 164 cm³/mol. The molecule has 0 aromatic carbocycles.